The van der Waals surface area contributed by atoms with Gasteiger partial charge in [-0.1, -0.05) is 28.1 Å². The Morgan fingerprint density at radius 3 is 2.65 bits per heavy atom. The van der Waals surface area contributed by atoms with E-state index in [2.05, 4.69) is 52.0 Å². The fraction of sp³-hybridized carbons (Fsp3) is 0.400. The largest absolute Gasteiger partial charge is 0.379 e. The molecule has 0 saturated carbocycles. The fourth-order valence-corrected chi connectivity index (χ4v) is 3.61. The van der Waals surface area contributed by atoms with Gasteiger partial charge in [0.25, 0.3) is 0 Å². The smallest absolute Gasteiger partial charge is 0.108 e. The van der Waals surface area contributed by atoms with Gasteiger partial charge in [-0.3, -0.25) is 4.90 Å². The second kappa shape index (κ2) is 6.35. The summed E-state index contributed by atoms with van der Waals surface area (Å²) in [6.07, 6.45) is 0. The molecule has 5 heteroatoms. The van der Waals surface area contributed by atoms with Crippen molar-refractivity contribution in [1.82, 2.24) is 9.88 Å². The molecule has 0 radical (unpaired) electrons. The van der Waals surface area contributed by atoms with Crippen LogP contribution in [0.25, 0.3) is 11.3 Å². The SMILES string of the molecule is Cc1sc(CN2CCOCC2)nc1-c1ccc(Br)cc1. The number of aryl methyl sites for hydroxylation is 1. The van der Waals surface area contributed by atoms with Gasteiger partial charge < -0.3 is 4.74 Å². The molecule has 2 aromatic rings. The van der Waals surface area contributed by atoms with Gasteiger partial charge in [-0.05, 0) is 19.1 Å². The van der Waals surface area contributed by atoms with Crippen molar-refractivity contribution in [2.45, 2.75) is 13.5 Å². The number of hydrogen-bond donors (Lipinski definition) is 0. The van der Waals surface area contributed by atoms with Gasteiger partial charge in [0.15, 0.2) is 0 Å². The number of morpholine rings is 1. The summed E-state index contributed by atoms with van der Waals surface area (Å²) < 4.78 is 6.48. The van der Waals surface area contributed by atoms with E-state index in [0.29, 0.717) is 0 Å². The quantitative estimate of drug-likeness (QED) is 0.841. The molecule has 1 aromatic carbocycles. The lowest BCUT2D eigenvalue weighted by Crippen LogP contribution is -2.35. The van der Waals surface area contributed by atoms with Crippen LogP contribution in [0.3, 0.4) is 0 Å². The van der Waals surface area contributed by atoms with Gasteiger partial charge in [-0.15, -0.1) is 11.3 Å². The van der Waals surface area contributed by atoms with Crippen molar-refractivity contribution in [3.63, 3.8) is 0 Å². The van der Waals surface area contributed by atoms with E-state index in [0.717, 1.165) is 43.0 Å². The van der Waals surface area contributed by atoms with E-state index >= 15 is 0 Å². The van der Waals surface area contributed by atoms with E-state index in [1.54, 1.807) is 11.3 Å². The lowest BCUT2D eigenvalue weighted by molar-refractivity contribution is 0.0342. The topological polar surface area (TPSA) is 25.4 Å². The highest BCUT2D eigenvalue weighted by Crippen LogP contribution is 2.29. The molecule has 3 nitrogen and oxygen atoms in total. The predicted molar refractivity (Wildman–Crippen MR) is 86.1 cm³/mol. The molecule has 0 N–H and O–H groups in total. The third kappa shape index (κ3) is 3.28. The van der Waals surface area contributed by atoms with Crippen molar-refractivity contribution in [1.29, 1.82) is 0 Å². The first-order valence-corrected chi connectivity index (χ1v) is 8.35. The number of benzene rings is 1. The van der Waals surface area contributed by atoms with Gasteiger partial charge in [-0.2, -0.15) is 0 Å². The average molecular weight is 353 g/mol. The van der Waals surface area contributed by atoms with E-state index in [-0.39, 0.29) is 0 Å². The zero-order chi connectivity index (χ0) is 13.9. The Balaban J connectivity index is 1.78. The lowest BCUT2D eigenvalue weighted by Gasteiger charge is -2.25. The maximum absolute atomic E-state index is 5.38. The molecule has 0 atom stereocenters. The van der Waals surface area contributed by atoms with E-state index < -0.39 is 0 Å². The lowest BCUT2D eigenvalue weighted by atomic mass is 10.1. The summed E-state index contributed by atoms with van der Waals surface area (Å²) in [5, 5.41) is 1.20. The minimum atomic E-state index is 0.837. The number of nitrogens with zero attached hydrogens (tertiary/aromatic N) is 2. The van der Waals surface area contributed by atoms with E-state index in [4.69, 9.17) is 9.72 Å². The summed E-state index contributed by atoms with van der Waals surface area (Å²) in [5.74, 6) is 0. The van der Waals surface area contributed by atoms with E-state index in [1.807, 2.05) is 0 Å². The van der Waals surface area contributed by atoms with Gasteiger partial charge in [0, 0.05) is 28.0 Å². The summed E-state index contributed by atoms with van der Waals surface area (Å²) in [6.45, 7) is 6.77. The normalized spacial score (nSPS) is 16.5. The van der Waals surface area contributed by atoms with Crippen molar-refractivity contribution in [2.75, 3.05) is 26.3 Å². The van der Waals surface area contributed by atoms with Crippen LogP contribution >= 0.6 is 27.3 Å². The van der Waals surface area contributed by atoms with Crippen LogP contribution in [0, 0.1) is 6.92 Å². The molecule has 0 spiro atoms. The number of halogens is 1. The minimum absolute atomic E-state index is 0.837. The molecule has 20 heavy (non-hydrogen) atoms. The number of rotatable bonds is 3. The first-order valence-electron chi connectivity index (χ1n) is 6.75. The highest BCUT2D eigenvalue weighted by atomic mass is 79.9. The summed E-state index contributed by atoms with van der Waals surface area (Å²) in [4.78, 5) is 8.52. The minimum Gasteiger partial charge on any atom is -0.379 e. The van der Waals surface area contributed by atoms with Crippen LogP contribution in [0.1, 0.15) is 9.88 Å². The van der Waals surface area contributed by atoms with Crippen molar-refractivity contribution < 1.29 is 4.74 Å². The number of thiazole rings is 1. The molecule has 0 unspecified atom stereocenters. The Labute approximate surface area is 131 Å². The predicted octanol–water partition coefficient (Wildman–Crippen LogP) is 3.71. The van der Waals surface area contributed by atoms with E-state index in [1.165, 1.54) is 15.4 Å². The Kier molecular flexibility index (Phi) is 4.51. The molecule has 0 aliphatic carbocycles. The zero-order valence-electron chi connectivity index (χ0n) is 11.4. The molecule has 3 rings (SSSR count). The maximum atomic E-state index is 5.38. The Hall–Kier alpha value is -0.750. The molecule has 0 amide bonds. The van der Waals surface area contributed by atoms with Crippen molar-refractivity contribution in [3.8, 4) is 11.3 Å². The fourth-order valence-electron chi connectivity index (χ4n) is 2.35. The molecule has 1 aliphatic rings. The highest BCUT2D eigenvalue weighted by molar-refractivity contribution is 9.10. The summed E-state index contributed by atoms with van der Waals surface area (Å²) in [6, 6.07) is 8.36. The van der Waals surface area contributed by atoms with Crippen molar-refractivity contribution in [2.24, 2.45) is 0 Å². The summed E-state index contributed by atoms with van der Waals surface area (Å²) >= 11 is 5.27. The molecular weight excluding hydrogens is 336 g/mol. The van der Waals surface area contributed by atoms with E-state index in [9.17, 15) is 0 Å². The summed E-state index contributed by atoms with van der Waals surface area (Å²) in [7, 11) is 0. The van der Waals surface area contributed by atoms with Crippen molar-refractivity contribution >= 4 is 27.3 Å². The van der Waals surface area contributed by atoms with Gasteiger partial charge in [-0.25, -0.2) is 4.98 Å². The first-order chi connectivity index (χ1) is 9.72. The van der Waals surface area contributed by atoms with Crippen LogP contribution in [0.5, 0.6) is 0 Å². The number of aromatic nitrogens is 1. The van der Waals surface area contributed by atoms with Gasteiger partial charge in [0.2, 0.25) is 0 Å². The third-order valence-electron chi connectivity index (χ3n) is 3.42. The molecule has 2 heterocycles. The monoisotopic (exact) mass is 352 g/mol. The standard InChI is InChI=1S/C15H17BrN2OS/c1-11-15(12-2-4-13(16)5-3-12)17-14(20-11)10-18-6-8-19-9-7-18/h2-5H,6-10H2,1H3. The van der Waals surface area contributed by atoms with Crippen LogP contribution in [-0.2, 0) is 11.3 Å². The van der Waals surface area contributed by atoms with Gasteiger partial charge in [0.05, 0.1) is 25.5 Å². The molecule has 1 aromatic heterocycles. The Morgan fingerprint density at radius 2 is 1.95 bits per heavy atom. The molecule has 0 bridgehead atoms. The van der Waals surface area contributed by atoms with Gasteiger partial charge in [0.1, 0.15) is 5.01 Å². The Bertz CT molecular complexity index is 576. The molecule has 1 saturated heterocycles. The van der Waals surface area contributed by atoms with Crippen LogP contribution in [0.4, 0.5) is 0 Å². The number of ether oxygens (including phenoxy) is 1. The maximum Gasteiger partial charge on any atom is 0.108 e. The summed E-state index contributed by atoms with van der Waals surface area (Å²) in [5.41, 5.74) is 2.31. The zero-order valence-corrected chi connectivity index (χ0v) is 13.8. The molecule has 1 aliphatic heterocycles. The van der Waals surface area contributed by atoms with Crippen molar-refractivity contribution in [3.05, 3.63) is 38.6 Å². The highest BCUT2D eigenvalue weighted by Gasteiger charge is 2.15. The average Bonchev–Trinajstić information content (AvgIpc) is 2.81. The first kappa shape index (κ1) is 14.2. The van der Waals surface area contributed by atoms with Crippen LogP contribution in [-0.4, -0.2) is 36.2 Å². The molecular formula is C15H17BrN2OS. The number of hydrogen-bond acceptors (Lipinski definition) is 4. The second-order valence-electron chi connectivity index (χ2n) is 4.91. The van der Waals surface area contributed by atoms with Crippen LogP contribution in [0.15, 0.2) is 28.7 Å². The third-order valence-corrected chi connectivity index (χ3v) is 4.91. The Morgan fingerprint density at radius 1 is 1.25 bits per heavy atom. The molecule has 106 valence electrons. The van der Waals surface area contributed by atoms with Crippen LogP contribution < -0.4 is 0 Å². The van der Waals surface area contributed by atoms with Gasteiger partial charge >= 0.3 is 0 Å². The second-order valence-corrected chi connectivity index (χ2v) is 7.11. The van der Waals surface area contributed by atoms with Crippen LogP contribution in [0.2, 0.25) is 0 Å². The molecule has 1 fully saturated rings.